The number of hydrogen-bond donors (Lipinski definition) is 5. The summed E-state index contributed by atoms with van der Waals surface area (Å²) in [4.78, 5) is 66.0. The van der Waals surface area contributed by atoms with E-state index in [9.17, 15) is 49.5 Å². The molecule has 1 aliphatic heterocycles. The fourth-order valence-electron chi connectivity index (χ4n) is 6.04. The lowest BCUT2D eigenvalue weighted by Crippen LogP contribution is -2.63. The third kappa shape index (κ3) is 10.2. The Labute approximate surface area is 339 Å². The summed E-state index contributed by atoms with van der Waals surface area (Å²) in [6.07, 6.45) is -4.23. The van der Waals surface area contributed by atoms with E-state index < -0.39 is 89.3 Å². The number of fused-ring (bicyclic) bond motifs is 1. The molecule has 1 saturated heterocycles. The molecule has 5 aromatic rings. The van der Waals surface area contributed by atoms with Crippen molar-refractivity contribution in [1.82, 2.24) is 0 Å². The Morgan fingerprint density at radius 2 is 1.18 bits per heavy atom. The van der Waals surface area contributed by atoms with E-state index in [0.29, 0.717) is 11.1 Å². The number of benzene rings is 4. The van der Waals surface area contributed by atoms with Gasteiger partial charge in [-0.05, 0) is 71.8 Å². The van der Waals surface area contributed by atoms with E-state index in [0.717, 1.165) is 38.1 Å². The van der Waals surface area contributed by atoms with Crippen LogP contribution in [0.5, 0.6) is 34.5 Å². The summed E-state index contributed by atoms with van der Waals surface area (Å²) in [5.74, 6) is -6.23. The van der Waals surface area contributed by atoms with Crippen LogP contribution in [0.15, 0.2) is 106 Å². The zero-order valence-corrected chi connectivity index (χ0v) is 31.6. The van der Waals surface area contributed by atoms with Crippen molar-refractivity contribution in [3.8, 4) is 45.8 Å². The van der Waals surface area contributed by atoms with Gasteiger partial charge in [-0.3, -0.25) is 14.4 Å². The second kappa shape index (κ2) is 18.2. The first-order valence-corrected chi connectivity index (χ1v) is 18.0. The van der Waals surface area contributed by atoms with Gasteiger partial charge in [0.1, 0.15) is 52.4 Å². The summed E-state index contributed by atoms with van der Waals surface area (Å²) in [5.41, 5.74) is -0.228. The first kappa shape index (κ1) is 41.8. The zero-order valence-electron chi connectivity index (χ0n) is 31.6. The van der Waals surface area contributed by atoms with Gasteiger partial charge in [-0.25, -0.2) is 9.59 Å². The van der Waals surface area contributed by atoms with Crippen LogP contribution < -0.4 is 10.2 Å². The van der Waals surface area contributed by atoms with Gasteiger partial charge in [-0.1, -0.05) is 24.3 Å². The standard InChI is InChI=1S/C43H36O17/c1-22(44)54-21-33-39(58-34(51)17-7-24-3-11-27(46)12-4-24)41(55-23(2)45)42(59-35(52)18-8-25-5-13-28(47)14-6-25)43(57-33)60-40-37(53)36-31(50)19-30(49)20-32(36)56-38(40)26-9-15-29(48)16-10-26/h3-20,33,39,41-43,46-50H,21H2,1-2H3/b17-7+,18-8-. The van der Waals surface area contributed by atoms with Crippen LogP contribution in [-0.2, 0) is 42.9 Å². The highest BCUT2D eigenvalue weighted by molar-refractivity contribution is 5.89. The summed E-state index contributed by atoms with van der Waals surface area (Å²) < 4.78 is 40.8. The molecule has 60 heavy (non-hydrogen) atoms. The Bertz CT molecular complexity index is 2500. The number of carbonyl (C=O) groups excluding carboxylic acids is 4. The second-order valence-corrected chi connectivity index (χ2v) is 13.2. The summed E-state index contributed by atoms with van der Waals surface area (Å²) in [5, 5.41) is 49.8. The van der Waals surface area contributed by atoms with Gasteiger partial charge >= 0.3 is 23.9 Å². The fraction of sp³-hybridized carbons (Fsp3) is 0.186. The summed E-state index contributed by atoms with van der Waals surface area (Å²) in [6, 6.07) is 18.7. The second-order valence-electron chi connectivity index (χ2n) is 13.2. The molecule has 17 nitrogen and oxygen atoms in total. The molecular formula is C43H36O17. The molecule has 6 rings (SSSR count). The Balaban J connectivity index is 1.47. The molecule has 5 N–H and O–H groups in total. The van der Waals surface area contributed by atoms with Crippen molar-refractivity contribution in [2.24, 2.45) is 0 Å². The molecule has 0 saturated carbocycles. The Kier molecular flexibility index (Phi) is 12.7. The molecule has 0 amide bonds. The van der Waals surface area contributed by atoms with Crippen LogP contribution in [0.1, 0.15) is 25.0 Å². The van der Waals surface area contributed by atoms with Crippen molar-refractivity contribution in [2.75, 3.05) is 6.61 Å². The van der Waals surface area contributed by atoms with Crippen molar-refractivity contribution in [3.63, 3.8) is 0 Å². The van der Waals surface area contributed by atoms with Gasteiger partial charge in [-0.15, -0.1) is 0 Å². The van der Waals surface area contributed by atoms with Crippen molar-refractivity contribution in [3.05, 3.63) is 118 Å². The van der Waals surface area contributed by atoms with E-state index >= 15 is 0 Å². The van der Waals surface area contributed by atoms with Crippen LogP contribution in [0.25, 0.3) is 34.4 Å². The monoisotopic (exact) mass is 824 g/mol. The Hall–Kier alpha value is -7.79. The minimum atomic E-state index is -1.97. The van der Waals surface area contributed by atoms with Gasteiger partial charge in [0.15, 0.2) is 18.0 Å². The normalized spacial score (nSPS) is 18.9. The first-order valence-electron chi connectivity index (χ1n) is 18.0. The quantitative estimate of drug-likeness (QED) is 0.0641. The van der Waals surface area contributed by atoms with Crippen LogP contribution in [0.3, 0.4) is 0 Å². The number of ether oxygens (including phenoxy) is 6. The highest BCUT2D eigenvalue weighted by Crippen LogP contribution is 2.38. The number of esters is 4. The molecule has 0 aliphatic carbocycles. The third-order valence-electron chi connectivity index (χ3n) is 8.74. The number of rotatable bonds is 12. The molecule has 4 aromatic carbocycles. The summed E-state index contributed by atoms with van der Waals surface area (Å²) in [7, 11) is 0. The number of aromatic hydroxyl groups is 5. The lowest BCUT2D eigenvalue weighted by atomic mass is 9.98. The van der Waals surface area contributed by atoms with E-state index in [1.807, 2.05) is 0 Å². The largest absolute Gasteiger partial charge is 0.508 e. The average molecular weight is 825 g/mol. The molecule has 0 radical (unpaired) electrons. The summed E-state index contributed by atoms with van der Waals surface area (Å²) >= 11 is 0. The molecule has 17 heteroatoms. The van der Waals surface area contributed by atoms with Gasteiger partial charge < -0.3 is 58.4 Å². The average Bonchev–Trinajstić information content (AvgIpc) is 3.19. The number of hydrogen-bond acceptors (Lipinski definition) is 17. The molecule has 310 valence electrons. The SMILES string of the molecule is CC(=O)OCC1OC(Oc2c(-c3ccc(O)cc3)oc3cc(O)cc(O)c3c2=O)C(OC(=O)/C=C\c2ccc(O)cc2)C(OC(C)=O)C1OC(=O)/C=C/c1ccc(O)cc1. The van der Waals surface area contributed by atoms with Gasteiger partial charge in [-0.2, -0.15) is 0 Å². The van der Waals surface area contributed by atoms with Crippen molar-refractivity contribution >= 4 is 47.0 Å². The van der Waals surface area contributed by atoms with E-state index in [2.05, 4.69) is 0 Å². The maximum absolute atomic E-state index is 14.3. The molecule has 2 heterocycles. The van der Waals surface area contributed by atoms with Gasteiger partial charge in [0.2, 0.25) is 23.6 Å². The lowest BCUT2D eigenvalue weighted by molar-refractivity contribution is -0.287. The fourth-order valence-corrected chi connectivity index (χ4v) is 6.04. The zero-order chi connectivity index (χ0) is 43.1. The smallest absolute Gasteiger partial charge is 0.331 e. The maximum Gasteiger partial charge on any atom is 0.331 e. The van der Waals surface area contributed by atoms with Gasteiger partial charge in [0.05, 0.1) is 0 Å². The molecule has 0 bridgehead atoms. The van der Waals surface area contributed by atoms with E-state index in [1.165, 1.54) is 84.9 Å². The van der Waals surface area contributed by atoms with Gasteiger partial charge in [0.25, 0.3) is 0 Å². The molecule has 5 unspecified atom stereocenters. The predicted molar refractivity (Wildman–Crippen MR) is 208 cm³/mol. The molecule has 1 aliphatic rings. The topological polar surface area (TPSA) is 255 Å². The first-order chi connectivity index (χ1) is 28.6. The van der Waals surface area contributed by atoms with Crippen molar-refractivity contribution < 1.29 is 77.5 Å². The molecule has 0 spiro atoms. The van der Waals surface area contributed by atoms with Crippen molar-refractivity contribution in [1.29, 1.82) is 0 Å². The highest BCUT2D eigenvalue weighted by Gasteiger charge is 2.54. The maximum atomic E-state index is 14.3. The molecule has 1 fully saturated rings. The van der Waals surface area contributed by atoms with Crippen LogP contribution in [0, 0.1) is 0 Å². The minimum Gasteiger partial charge on any atom is -0.508 e. The number of phenols is 5. The van der Waals surface area contributed by atoms with Crippen LogP contribution in [-0.4, -0.2) is 86.7 Å². The number of carbonyl (C=O) groups is 4. The Morgan fingerprint density at radius 3 is 1.72 bits per heavy atom. The van der Waals surface area contributed by atoms with Crippen molar-refractivity contribution in [2.45, 2.75) is 44.6 Å². The van der Waals surface area contributed by atoms with E-state index in [1.54, 1.807) is 0 Å². The third-order valence-corrected chi connectivity index (χ3v) is 8.74. The van der Waals surface area contributed by atoms with Crippen LogP contribution in [0.2, 0.25) is 0 Å². The van der Waals surface area contributed by atoms with Crippen LogP contribution >= 0.6 is 0 Å². The van der Waals surface area contributed by atoms with Gasteiger partial charge in [0, 0.05) is 43.7 Å². The minimum absolute atomic E-state index is 0.0189. The molecule has 1 aromatic heterocycles. The van der Waals surface area contributed by atoms with E-state index in [-0.39, 0.29) is 34.2 Å². The molecular weight excluding hydrogens is 788 g/mol. The van der Waals surface area contributed by atoms with E-state index in [4.69, 9.17) is 32.8 Å². The Morgan fingerprint density at radius 1 is 0.650 bits per heavy atom. The molecule has 5 atom stereocenters. The lowest BCUT2D eigenvalue weighted by Gasteiger charge is -2.43. The van der Waals surface area contributed by atoms with Crippen LogP contribution in [0.4, 0.5) is 0 Å². The highest BCUT2D eigenvalue weighted by atomic mass is 16.7. The number of phenolic OH excluding ortho intramolecular Hbond substituents is 5. The predicted octanol–water partition coefficient (Wildman–Crippen LogP) is 4.84. The summed E-state index contributed by atoms with van der Waals surface area (Å²) in [6.45, 7) is 1.44.